The third-order valence-corrected chi connectivity index (χ3v) is 7.29. The van der Waals surface area contributed by atoms with Crippen LogP contribution in [0.4, 0.5) is 17.1 Å². The van der Waals surface area contributed by atoms with Crippen molar-refractivity contribution in [3.8, 4) is 5.75 Å². The minimum atomic E-state index is -0.764. The van der Waals surface area contributed by atoms with Gasteiger partial charge in [0.25, 0.3) is 5.69 Å². The second-order valence-electron chi connectivity index (χ2n) is 9.56. The highest BCUT2D eigenvalue weighted by atomic mass is 16.6. The van der Waals surface area contributed by atoms with E-state index in [1.54, 1.807) is 37.3 Å². The summed E-state index contributed by atoms with van der Waals surface area (Å²) >= 11 is 0. The third-order valence-electron chi connectivity index (χ3n) is 7.29. The molecular weight excluding hydrogens is 466 g/mol. The van der Waals surface area contributed by atoms with Crippen LogP contribution in [-0.4, -0.2) is 35.2 Å². The number of imide groups is 1. The zero-order valence-corrected chi connectivity index (χ0v) is 19.7. The number of esters is 1. The van der Waals surface area contributed by atoms with Gasteiger partial charge in [0, 0.05) is 30.7 Å². The molecule has 2 aliphatic heterocycles. The molecule has 0 unspecified atom stereocenters. The van der Waals surface area contributed by atoms with Crippen LogP contribution in [-0.2, 0) is 19.2 Å². The highest BCUT2D eigenvalue weighted by molar-refractivity contribution is 6.22. The second-order valence-corrected chi connectivity index (χ2v) is 9.56. The number of hydrogen-bond donors (Lipinski definition) is 0. The van der Waals surface area contributed by atoms with Gasteiger partial charge in [0.15, 0.2) is 0 Å². The second kappa shape index (κ2) is 9.18. The fourth-order valence-electron chi connectivity index (χ4n) is 5.38. The lowest BCUT2D eigenvalue weighted by Crippen LogP contribution is -2.31. The maximum Gasteiger partial charge on any atom is 0.316 e. The van der Waals surface area contributed by atoms with Crippen LogP contribution < -0.4 is 14.5 Å². The molecule has 5 rings (SSSR count). The van der Waals surface area contributed by atoms with Crippen LogP contribution >= 0.6 is 0 Å². The Hall–Kier alpha value is -4.08. The fraction of sp³-hybridized carbons (Fsp3) is 0.385. The normalized spacial score (nSPS) is 23.7. The van der Waals surface area contributed by atoms with Crippen LogP contribution in [0.25, 0.3) is 0 Å². The minimum absolute atomic E-state index is 0.0318. The van der Waals surface area contributed by atoms with Gasteiger partial charge in [0.05, 0.1) is 34.1 Å². The summed E-state index contributed by atoms with van der Waals surface area (Å²) in [5.74, 6) is -2.55. The summed E-state index contributed by atoms with van der Waals surface area (Å²) in [6.45, 7) is 1.64. The SMILES string of the molecule is Cc1ccc(N2C[C@@H](C(=O)Oc3cccc(N4C(=O)[C@H]5CCCC[C@H]5C4=O)c3)CC2=O)cc1[N+](=O)[O-]. The maximum atomic E-state index is 12.9. The summed E-state index contributed by atoms with van der Waals surface area (Å²) in [5, 5.41) is 11.3. The Morgan fingerprint density at radius 1 is 1.00 bits per heavy atom. The van der Waals surface area contributed by atoms with Crippen molar-refractivity contribution in [1.29, 1.82) is 0 Å². The Kier molecular flexibility index (Phi) is 6.03. The van der Waals surface area contributed by atoms with Gasteiger partial charge in [-0.05, 0) is 38.0 Å². The average molecular weight is 492 g/mol. The van der Waals surface area contributed by atoms with Gasteiger partial charge < -0.3 is 9.64 Å². The van der Waals surface area contributed by atoms with E-state index in [0.717, 1.165) is 12.8 Å². The number of ether oxygens (including phenoxy) is 1. The van der Waals surface area contributed by atoms with Gasteiger partial charge in [-0.1, -0.05) is 25.0 Å². The first-order valence-corrected chi connectivity index (χ1v) is 12.0. The summed E-state index contributed by atoms with van der Waals surface area (Å²) < 4.78 is 5.53. The van der Waals surface area contributed by atoms with Crippen molar-refractivity contribution in [2.75, 3.05) is 16.3 Å². The molecule has 2 saturated heterocycles. The quantitative estimate of drug-likeness (QED) is 0.206. The molecule has 186 valence electrons. The van der Waals surface area contributed by atoms with E-state index in [4.69, 9.17) is 4.74 Å². The summed E-state index contributed by atoms with van der Waals surface area (Å²) in [6.07, 6.45) is 3.18. The summed E-state index contributed by atoms with van der Waals surface area (Å²) in [5.41, 5.74) is 1.08. The molecule has 3 aliphatic rings. The molecular formula is C26H25N3O7. The van der Waals surface area contributed by atoms with Crippen molar-refractivity contribution in [3.63, 3.8) is 0 Å². The number of hydrogen-bond acceptors (Lipinski definition) is 7. The van der Waals surface area contributed by atoms with E-state index in [0.29, 0.717) is 29.8 Å². The smallest absolute Gasteiger partial charge is 0.316 e. The lowest BCUT2D eigenvalue weighted by Gasteiger charge is -2.19. The molecule has 2 aromatic carbocycles. The first kappa shape index (κ1) is 23.7. The molecule has 36 heavy (non-hydrogen) atoms. The van der Waals surface area contributed by atoms with Gasteiger partial charge in [0.1, 0.15) is 5.75 Å². The number of nitro groups is 1. The molecule has 1 aliphatic carbocycles. The molecule has 0 aromatic heterocycles. The monoisotopic (exact) mass is 491 g/mol. The molecule has 3 amide bonds. The third kappa shape index (κ3) is 4.12. The Labute approximate surface area is 207 Å². The number of nitrogens with zero attached hydrogens (tertiary/aromatic N) is 3. The molecule has 2 aromatic rings. The van der Waals surface area contributed by atoms with E-state index in [1.807, 2.05) is 0 Å². The molecule has 3 atom stereocenters. The number of amides is 3. The number of fused-ring (bicyclic) bond motifs is 1. The number of rotatable bonds is 5. The molecule has 2 heterocycles. The Morgan fingerprint density at radius 3 is 2.36 bits per heavy atom. The number of aryl methyl sites for hydroxylation is 1. The van der Waals surface area contributed by atoms with E-state index in [9.17, 15) is 29.3 Å². The van der Waals surface area contributed by atoms with Crippen molar-refractivity contribution >= 4 is 40.8 Å². The van der Waals surface area contributed by atoms with Crippen molar-refractivity contribution < 1.29 is 28.8 Å². The number of benzene rings is 2. The molecule has 3 fully saturated rings. The van der Waals surface area contributed by atoms with E-state index in [-0.39, 0.29) is 54.0 Å². The van der Waals surface area contributed by atoms with Crippen LogP contribution in [0.2, 0.25) is 0 Å². The van der Waals surface area contributed by atoms with E-state index >= 15 is 0 Å². The standard InChI is InChI=1S/C26H25N3O7/c1-15-9-10-17(13-22(15)29(34)35)27-14-16(11-23(27)30)26(33)36-19-6-4-5-18(12-19)28-24(31)20-7-2-3-8-21(20)25(28)32/h4-6,9-10,12-13,16,20-21H,2-3,7-8,11,14H2,1H3/t16-,20-,21+/m0/s1. The van der Waals surface area contributed by atoms with Crippen LogP contribution in [0.1, 0.15) is 37.7 Å². The highest BCUT2D eigenvalue weighted by Gasteiger charge is 2.48. The summed E-state index contributed by atoms with van der Waals surface area (Å²) in [4.78, 5) is 64.6. The van der Waals surface area contributed by atoms with Gasteiger partial charge in [-0.3, -0.25) is 29.3 Å². The zero-order valence-electron chi connectivity index (χ0n) is 19.7. The van der Waals surface area contributed by atoms with Gasteiger partial charge >= 0.3 is 5.97 Å². The molecule has 0 radical (unpaired) electrons. The number of carbonyl (C=O) groups is 4. The van der Waals surface area contributed by atoms with Crippen molar-refractivity contribution in [2.45, 2.75) is 39.0 Å². The summed E-state index contributed by atoms with van der Waals surface area (Å²) in [6, 6.07) is 10.8. The van der Waals surface area contributed by atoms with Gasteiger partial charge in [-0.15, -0.1) is 0 Å². The first-order chi connectivity index (χ1) is 17.2. The predicted octanol–water partition coefficient (Wildman–Crippen LogP) is 3.54. The van der Waals surface area contributed by atoms with Gasteiger partial charge in [-0.25, -0.2) is 4.90 Å². The number of carbonyl (C=O) groups excluding carboxylic acids is 4. The number of anilines is 2. The largest absolute Gasteiger partial charge is 0.426 e. The molecule has 0 N–H and O–H groups in total. The van der Waals surface area contributed by atoms with Crippen molar-refractivity contribution in [2.24, 2.45) is 17.8 Å². The average Bonchev–Trinajstić information content (AvgIpc) is 3.37. The molecule has 0 bridgehead atoms. The van der Waals surface area contributed by atoms with Crippen LogP contribution in [0, 0.1) is 34.8 Å². The first-order valence-electron chi connectivity index (χ1n) is 12.0. The number of nitro benzene ring substituents is 1. The van der Waals surface area contributed by atoms with Crippen molar-refractivity contribution in [3.05, 3.63) is 58.1 Å². The van der Waals surface area contributed by atoms with E-state index in [1.165, 1.54) is 21.9 Å². The molecule has 10 heteroatoms. The summed E-state index contributed by atoms with van der Waals surface area (Å²) in [7, 11) is 0. The fourth-order valence-corrected chi connectivity index (χ4v) is 5.38. The lowest BCUT2D eigenvalue weighted by molar-refractivity contribution is -0.385. The molecule has 1 saturated carbocycles. The molecule has 0 spiro atoms. The van der Waals surface area contributed by atoms with Gasteiger partial charge in [0.2, 0.25) is 17.7 Å². The van der Waals surface area contributed by atoms with Crippen LogP contribution in [0.15, 0.2) is 42.5 Å². The van der Waals surface area contributed by atoms with Crippen LogP contribution in [0.3, 0.4) is 0 Å². The maximum absolute atomic E-state index is 12.9. The highest BCUT2D eigenvalue weighted by Crippen LogP contribution is 2.40. The van der Waals surface area contributed by atoms with E-state index in [2.05, 4.69) is 0 Å². The van der Waals surface area contributed by atoms with E-state index < -0.39 is 16.8 Å². The zero-order chi connectivity index (χ0) is 25.6. The predicted molar refractivity (Wildman–Crippen MR) is 128 cm³/mol. The minimum Gasteiger partial charge on any atom is -0.426 e. The molecule has 10 nitrogen and oxygen atoms in total. The Balaban J connectivity index is 1.29. The Bertz CT molecular complexity index is 1270. The lowest BCUT2D eigenvalue weighted by atomic mass is 9.81. The Morgan fingerprint density at radius 2 is 1.69 bits per heavy atom. The van der Waals surface area contributed by atoms with Gasteiger partial charge in [-0.2, -0.15) is 0 Å². The van der Waals surface area contributed by atoms with Crippen molar-refractivity contribution in [1.82, 2.24) is 0 Å². The van der Waals surface area contributed by atoms with Crippen LogP contribution in [0.5, 0.6) is 5.75 Å². The topological polar surface area (TPSA) is 127 Å².